The van der Waals surface area contributed by atoms with E-state index in [1.54, 1.807) is 14.2 Å². The van der Waals surface area contributed by atoms with Crippen LogP contribution in [-0.2, 0) is 0 Å². The van der Waals surface area contributed by atoms with Crippen molar-refractivity contribution < 1.29 is 9.47 Å². The number of hydrogen-bond donors (Lipinski definition) is 1. The molecule has 1 atom stereocenters. The fourth-order valence-corrected chi connectivity index (χ4v) is 2.61. The minimum absolute atomic E-state index is 0.176. The van der Waals surface area contributed by atoms with E-state index in [2.05, 4.69) is 26.0 Å². The van der Waals surface area contributed by atoms with Gasteiger partial charge in [-0.25, -0.2) is 0 Å². The van der Waals surface area contributed by atoms with Gasteiger partial charge in [0.15, 0.2) is 11.5 Å². The maximum absolute atomic E-state index is 6.51. The Morgan fingerprint density at radius 1 is 0.857 bits per heavy atom. The highest BCUT2D eigenvalue weighted by Crippen LogP contribution is 2.35. The van der Waals surface area contributed by atoms with Crippen molar-refractivity contribution in [3.05, 3.63) is 58.1 Å². The molecule has 0 radical (unpaired) electrons. The van der Waals surface area contributed by atoms with Gasteiger partial charge in [0.25, 0.3) is 0 Å². The number of ether oxygens (including phenoxy) is 2. The lowest BCUT2D eigenvalue weighted by molar-refractivity contribution is 0.354. The van der Waals surface area contributed by atoms with Crippen LogP contribution in [0.15, 0.2) is 30.3 Å². The summed E-state index contributed by atoms with van der Waals surface area (Å²) in [5.74, 6) is 1.44. The highest BCUT2D eigenvalue weighted by Gasteiger charge is 2.17. The third-order valence-corrected chi connectivity index (χ3v) is 4.09. The lowest BCUT2D eigenvalue weighted by Gasteiger charge is -2.20. The minimum atomic E-state index is -0.176. The summed E-state index contributed by atoms with van der Waals surface area (Å²) in [6, 6.07) is 10.0. The Labute approximate surface area is 126 Å². The van der Waals surface area contributed by atoms with E-state index in [0.29, 0.717) is 5.75 Å². The molecule has 21 heavy (non-hydrogen) atoms. The fourth-order valence-electron chi connectivity index (χ4n) is 2.61. The second kappa shape index (κ2) is 6.19. The molecule has 2 aromatic rings. The average Bonchev–Trinajstić information content (AvgIpc) is 2.49. The van der Waals surface area contributed by atoms with Crippen molar-refractivity contribution in [2.75, 3.05) is 14.2 Å². The second-order valence-electron chi connectivity index (χ2n) is 5.33. The molecule has 2 rings (SSSR count). The third-order valence-electron chi connectivity index (χ3n) is 4.09. The number of nitrogens with two attached hydrogens (primary N) is 1. The largest absolute Gasteiger partial charge is 0.493 e. The van der Waals surface area contributed by atoms with Gasteiger partial charge in [-0.1, -0.05) is 18.2 Å². The van der Waals surface area contributed by atoms with Gasteiger partial charge in [-0.05, 0) is 60.7 Å². The zero-order valence-corrected chi connectivity index (χ0v) is 13.4. The maximum atomic E-state index is 6.51. The third kappa shape index (κ3) is 2.88. The van der Waals surface area contributed by atoms with Crippen LogP contribution in [0, 0.1) is 20.8 Å². The van der Waals surface area contributed by atoms with Crippen LogP contribution in [0.3, 0.4) is 0 Å². The summed E-state index contributed by atoms with van der Waals surface area (Å²) < 4.78 is 10.7. The average molecular weight is 285 g/mol. The van der Waals surface area contributed by atoms with Crippen molar-refractivity contribution in [1.29, 1.82) is 0 Å². The molecule has 0 aliphatic rings. The van der Waals surface area contributed by atoms with Crippen molar-refractivity contribution in [3.63, 3.8) is 0 Å². The van der Waals surface area contributed by atoms with E-state index < -0.39 is 0 Å². The molecule has 0 spiro atoms. The van der Waals surface area contributed by atoms with Crippen LogP contribution >= 0.6 is 0 Å². The Kier molecular flexibility index (Phi) is 4.53. The molecule has 0 saturated carbocycles. The summed E-state index contributed by atoms with van der Waals surface area (Å²) in [6.45, 7) is 6.26. The standard InChI is InChI=1S/C18H23NO2/c1-11-7-6-8-14(13(11)3)18(19)15-10-17(21-5)16(20-4)9-12(15)2/h6-10,18H,19H2,1-5H3. The molecular weight excluding hydrogens is 262 g/mol. The lowest BCUT2D eigenvalue weighted by atomic mass is 9.91. The summed E-state index contributed by atoms with van der Waals surface area (Å²) in [5.41, 5.74) is 12.3. The van der Waals surface area contributed by atoms with Gasteiger partial charge >= 0.3 is 0 Å². The number of rotatable bonds is 4. The molecule has 112 valence electrons. The zero-order chi connectivity index (χ0) is 15.6. The molecule has 0 bridgehead atoms. The van der Waals surface area contributed by atoms with Crippen molar-refractivity contribution in [2.45, 2.75) is 26.8 Å². The van der Waals surface area contributed by atoms with Gasteiger partial charge in [-0.15, -0.1) is 0 Å². The first-order chi connectivity index (χ1) is 9.99. The molecule has 0 aromatic heterocycles. The summed E-state index contributed by atoms with van der Waals surface area (Å²) in [7, 11) is 3.28. The van der Waals surface area contributed by atoms with Gasteiger partial charge in [0.2, 0.25) is 0 Å². The first-order valence-electron chi connectivity index (χ1n) is 7.03. The van der Waals surface area contributed by atoms with Crippen LogP contribution in [0.5, 0.6) is 11.5 Å². The summed E-state index contributed by atoms with van der Waals surface area (Å²) in [4.78, 5) is 0. The second-order valence-corrected chi connectivity index (χ2v) is 5.33. The molecule has 0 aliphatic carbocycles. The Bertz CT molecular complexity index is 650. The highest BCUT2D eigenvalue weighted by atomic mass is 16.5. The predicted molar refractivity (Wildman–Crippen MR) is 86.2 cm³/mol. The zero-order valence-electron chi connectivity index (χ0n) is 13.4. The first-order valence-corrected chi connectivity index (χ1v) is 7.03. The molecule has 0 aliphatic heterocycles. The van der Waals surface area contributed by atoms with Crippen LogP contribution in [0.25, 0.3) is 0 Å². The first kappa shape index (κ1) is 15.4. The molecule has 3 heteroatoms. The SMILES string of the molecule is COc1cc(C)c(C(N)c2cccc(C)c2C)cc1OC. The molecule has 0 fully saturated rings. The highest BCUT2D eigenvalue weighted by molar-refractivity contribution is 5.51. The lowest BCUT2D eigenvalue weighted by Crippen LogP contribution is -2.15. The van der Waals surface area contributed by atoms with Gasteiger partial charge < -0.3 is 15.2 Å². The molecule has 0 amide bonds. The number of aryl methyl sites for hydroxylation is 2. The monoisotopic (exact) mass is 285 g/mol. The van der Waals surface area contributed by atoms with E-state index in [9.17, 15) is 0 Å². The van der Waals surface area contributed by atoms with Crippen LogP contribution in [-0.4, -0.2) is 14.2 Å². The molecule has 1 unspecified atom stereocenters. The summed E-state index contributed by atoms with van der Waals surface area (Å²) in [6.07, 6.45) is 0. The van der Waals surface area contributed by atoms with E-state index in [1.807, 2.05) is 25.1 Å². The van der Waals surface area contributed by atoms with Crippen LogP contribution in [0.1, 0.15) is 33.9 Å². The van der Waals surface area contributed by atoms with Crippen LogP contribution < -0.4 is 15.2 Å². The van der Waals surface area contributed by atoms with Crippen molar-refractivity contribution in [1.82, 2.24) is 0 Å². The molecule has 0 saturated heterocycles. The van der Waals surface area contributed by atoms with Crippen molar-refractivity contribution in [2.24, 2.45) is 5.73 Å². The molecular formula is C18H23NO2. The van der Waals surface area contributed by atoms with Crippen molar-refractivity contribution >= 4 is 0 Å². The van der Waals surface area contributed by atoms with Crippen LogP contribution in [0.2, 0.25) is 0 Å². The van der Waals surface area contributed by atoms with E-state index in [0.717, 1.165) is 22.4 Å². The predicted octanol–water partition coefficient (Wildman–Crippen LogP) is 3.68. The topological polar surface area (TPSA) is 44.5 Å². The number of methoxy groups -OCH3 is 2. The molecule has 3 nitrogen and oxygen atoms in total. The summed E-state index contributed by atoms with van der Waals surface area (Å²) in [5, 5.41) is 0. The molecule has 0 heterocycles. The Balaban J connectivity index is 2.53. The van der Waals surface area contributed by atoms with Gasteiger partial charge in [-0.3, -0.25) is 0 Å². The van der Waals surface area contributed by atoms with Gasteiger partial charge in [0.05, 0.1) is 20.3 Å². The normalized spacial score (nSPS) is 12.1. The minimum Gasteiger partial charge on any atom is -0.493 e. The van der Waals surface area contributed by atoms with E-state index >= 15 is 0 Å². The van der Waals surface area contributed by atoms with E-state index in [4.69, 9.17) is 15.2 Å². The maximum Gasteiger partial charge on any atom is 0.161 e. The van der Waals surface area contributed by atoms with Gasteiger partial charge in [0.1, 0.15) is 0 Å². The van der Waals surface area contributed by atoms with E-state index in [-0.39, 0.29) is 6.04 Å². The Morgan fingerprint density at radius 2 is 1.48 bits per heavy atom. The molecule has 2 N–H and O–H groups in total. The fraction of sp³-hybridized carbons (Fsp3) is 0.333. The number of benzene rings is 2. The Morgan fingerprint density at radius 3 is 2.10 bits per heavy atom. The van der Waals surface area contributed by atoms with Gasteiger partial charge in [0, 0.05) is 0 Å². The Hall–Kier alpha value is -2.00. The molecule has 2 aromatic carbocycles. The number of hydrogen-bond acceptors (Lipinski definition) is 3. The van der Waals surface area contributed by atoms with E-state index in [1.165, 1.54) is 11.1 Å². The van der Waals surface area contributed by atoms with Gasteiger partial charge in [-0.2, -0.15) is 0 Å². The quantitative estimate of drug-likeness (QED) is 0.932. The smallest absolute Gasteiger partial charge is 0.161 e. The van der Waals surface area contributed by atoms with Crippen LogP contribution in [0.4, 0.5) is 0 Å². The summed E-state index contributed by atoms with van der Waals surface area (Å²) >= 11 is 0. The van der Waals surface area contributed by atoms with Crippen molar-refractivity contribution in [3.8, 4) is 11.5 Å².